The van der Waals surface area contributed by atoms with Gasteiger partial charge in [0.25, 0.3) is 0 Å². The van der Waals surface area contributed by atoms with Gasteiger partial charge in [-0.2, -0.15) is 13.2 Å². The quantitative estimate of drug-likeness (QED) is 0.801. The number of hydrogen-bond donors (Lipinski definition) is 2. The van der Waals surface area contributed by atoms with Crippen LogP contribution in [-0.2, 0) is 22.3 Å². The van der Waals surface area contributed by atoms with Crippen LogP contribution in [0.4, 0.5) is 13.2 Å². The van der Waals surface area contributed by atoms with Gasteiger partial charge in [0.1, 0.15) is 0 Å². The Morgan fingerprint density at radius 2 is 1.46 bits per heavy atom. The van der Waals surface area contributed by atoms with Crippen molar-refractivity contribution in [2.45, 2.75) is 51.2 Å². The van der Waals surface area contributed by atoms with E-state index in [2.05, 4.69) is 10.6 Å². The number of carbonyl (C=O) groups is 2. The first-order chi connectivity index (χ1) is 13.2. The van der Waals surface area contributed by atoms with E-state index in [-0.39, 0.29) is 30.3 Å². The van der Waals surface area contributed by atoms with Gasteiger partial charge in [0.2, 0.25) is 11.8 Å². The van der Waals surface area contributed by atoms with Crippen molar-refractivity contribution in [2.24, 2.45) is 23.2 Å². The van der Waals surface area contributed by atoms with E-state index in [0.29, 0.717) is 23.3 Å². The average molecular weight is 394 g/mol. The Morgan fingerprint density at radius 3 is 1.96 bits per heavy atom. The molecule has 4 aliphatic rings. The number of benzene rings is 1. The number of halogens is 3. The third-order valence-corrected chi connectivity index (χ3v) is 6.70. The molecule has 4 bridgehead atoms. The van der Waals surface area contributed by atoms with Crippen molar-refractivity contribution in [3.63, 3.8) is 0 Å². The molecule has 1 aromatic carbocycles. The van der Waals surface area contributed by atoms with Crippen LogP contribution < -0.4 is 10.6 Å². The summed E-state index contributed by atoms with van der Waals surface area (Å²) in [5, 5.41) is 5.46. The fourth-order valence-electron chi connectivity index (χ4n) is 5.81. The molecule has 4 saturated carbocycles. The lowest BCUT2D eigenvalue weighted by Crippen LogP contribution is -2.54. The standard InChI is InChI=1S/C21H25F3N2O2/c22-21(23,24)17-3-1-13(2-4-17)11-25-18(27)12-26-19(28)20-8-14-5-15(9-20)7-16(6-14)10-20/h1-4,14-16H,5-12H2,(H,25,27)(H,26,28). The zero-order chi connectivity index (χ0) is 19.9. The smallest absolute Gasteiger partial charge is 0.350 e. The first-order valence-corrected chi connectivity index (χ1v) is 9.95. The number of carbonyl (C=O) groups excluding carboxylic acids is 2. The van der Waals surface area contributed by atoms with Gasteiger partial charge in [-0.1, -0.05) is 12.1 Å². The predicted molar refractivity (Wildman–Crippen MR) is 96.9 cm³/mol. The largest absolute Gasteiger partial charge is 0.416 e. The summed E-state index contributed by atoms with van der Waals surface area (Å²) in [6.45, 7) is 0.0332. The Morgan fingerprint density at radius 1 is 0.929 bits per heavy atom. The van der Waals surface area contributed by atoms with Gasteiger partial charge < -0.3 is 10.6 Å². The highest BCUT2D eigenvalue weighted by Gasteiger charge is 2.54. The minimum atomic E-state index is -4.37. The predicted octanol–water partition coefficient (Wildman–Crippen LogP) is 3.65. The number of rotatable bonds is 5. The van der Waals surface area contributed by atoms with Crippen molar-refractivity contribution >= 4 is 11.8 Å². The van der Waals surface area contributed by atoms with Crippen molar-refractivity contribution < 1.29 is 22.8 Å². The Balaban J connectivity index is 1.25. The first kappa shape index (κ1) is 19.3. The molecular formula is C21H25F3N2O2. The molecule has 7 heteroatoms. The van der Waals surface area contributed by atoms with Crippen LogP contribution in [0, 0.1) is 23.2 Å². The van der Waals surface area contributed by atoms with Crippen molar-refractivity contribution in [1.82, 2.24) is 10.6 Å². The lowest BCUT2D eigenvalue weighted by atomic mass is 9.49. The van der Waals surface area contributed by atoms with Crippen LogP contribution in [0.15, 0.2) is 24.3 Å². The summed E-state index contributed by atoms with van der Waals surface area (Å²) < 4.78 is 37.7. The minimum absolute atomic E-state index is 0.00344. The Hall–Kier alpha value is -2.05. The third kappa shape index (κ3) is 3.89. The number of amides is 2. The van der Waals surface area contributed by atoms with Crippen molar-refractivity contribution in [3.05, 3.63) is 35.4 Å². The molecule has 0 heterocycles. The van der Waals surface area contributed by atoms with Gasteiger partial charge >= 0.3 is 6.18 Å². The second kappa shape index (κ2) is 7.08. The summed E-state index contributed by atoms with van der Waals surface area (Å²) >= 11 is 0. The van der Waals surface area contributed by atoms with Gasteiger partial charge in [0.15, 0.2) is 0 Å². The fraction of sp³-hybridized carbons (Fsp3) is 0.619. The molecular weight excluding hydrogens is 369 g/mol. The fourth-order valence-corrected chi connectivity index (χ4v) is 5.81. The maximum atomic E-state index is 12.8. The zero-order valence-corrected chi connectivity index (χ0v) is 15.6. The van der Waals surface area contributed by atoms with Gasteiger partial charge in [0, 0.05) is 12.0 Å². The van der Waals surface area contributed by atoms with E-state index in [1.807, 2.05) is 0 Å². The highest BCUT2D eigenvalue weighted by atomic mass is 19.4. The summed E-state index contributed by atoms with van der Waals surface area (Å²) in [4.78, 5) is 24.9. The number of hydrogen-bond acceptors (Lipinski definition) is 2. The maximum Gasteiger partial charge on any atom is 0.416 e. The normalized spacial score (nSPS) is 30.9. The van der Waals surface area contributed by atoms with E-state index in [0.717, 1.165) is 31.4 Å². The Labute approximate surface area is 162 Å². The maximum absolute atomic E-state index is 12.8. The SMILES string of the molecule is O=C(CNC(=O)C12CC3CC(CC(C3)C1)C2)NCc1ccc(C(F)(F)F)cc1. The van der Waals surface area contributed by atoms with E-state index in [9.17, 15) is 22.8 Å². The van der Waals surface area contributed by atoms with Gasteiger partial charge in [-0.25, -0.2) is 0 Å². The van der Waals surface area contributed by atoms with E-state index in [4.69, 9.17) is 0 Å². The zero-order valence-electron chi connectivity index (χ0n) is 15.6. The number of alkyl halides is 3. The van der Waals surface area contributed by atoms with E-state index in [1.165, 1.54) is 31.4 Å². The molecule has 0 atom stereocenters. The summed E-state index contributed by atoms with van der Waals surface area (Å²) in [6.07, 6.45) is 2.21. The van der Waals surface area contributed by atoms with Crippen LogP contribution in [0.2, 0.25) is 0 Å². The molecule has 0 radical (unpaired) electrons. The minimum Gasteiger partial charge on any atom is -0.350 e. The van der Waals surface area contributed by atoms with Gasteiger partial charge in [-0.15, -0.1) is 0 Å². The molecule has 0 unspecified atom stereocenters. The summed E-state index contributed by atoms with van der Waals surface area (Å²) in [5.74, 6) is 1.63. The van der Waals surface area contributed by atoms with Gasteiger partial charge in [0.05, 0.1) is 12.1 Å². The first-order valence-electron chi connectivity index (χ1n) is 9.95. The highest BCUT2D eigenvalue weighted by molar-refractivity contribution is 5.88. The lowest BCUT2D eigenvalue weighted by Gasteiger charge is -2.55. The molecule has 152 valence electrons. The monoisotopic (exact) mass is 394 g/mol. The topological polar surface area (TPSA) is 58.2 Å². The van der Waals surface area contributed by atoms with E-state index < -0.39 is 11.7 Å². The van der Waals surface area contributed by atoms with E-state index >= 15 is 0 Å². The average Bonchev–Trinajstić information content (AvgIpc) is 2.63. The molecule has 4 nitrogen and oxygen atoms in total. The third-order valence-electron chi connectivity index (χ3n) is 6.70. The van der Waals surface area contributed by atoms with Crippen LogP contribution in [0.5, 0.6) is 0 Å². The molecule has 2 N–H and O–H groups in total. The summed E-state index contributed by atoms with van der Waals surface area (Å²) in [6, 6.07) is 4.68. The van der Waals surface area contributed by atoms with Crippen LogP contribution in [0.3, 0.4) is 0 Å². The molecule has 0 spiro atoms. The van der Waals surface area contributed by atoms with Crippen LogP contribution in [0.1, 0.15) is 49.7 Å². The van der Waals surface area contributed by atoms with Crippen LogP contribution in [-0.4, -0.2) is 18.4 Å². The van der Waals surface area contributed by atoms with Gasteiger partial charge in [-0.05, 0) is 74.0 Å². The molecule has 2 amide bonds. The van der Waals surface area contributed by atoms with Crippen LogP contribution in [0.25, 0.3) is 0 Å². The Bertz CT molecular complexity index is 723. The molecule has 5 rings (SSSR count). The number of nitrogens with one attached hydrogen (secondary N) is 2. The summed E-state index contributed by atoms with van der Waals surface area (Å²) in [7, 11) is 0. The molecule has 0 aromatic heterocycles. The molecule has 4 fully saturated rings. The molecule has 28 heavy (non-hydrogen) atoms. The van der Waals surface area contributed by atoms with Crippen molar-refractivity contribution in [3.8, 4) is 0 Å². The molecule has 0 saturated heterocycles. The molecule has 0 aliphatic heterocycles. The van der Waals surface area contributed by atoms with E-state index in [1.54, 1.807) is 0 Å². The lowest BCUT2D eigenvalue weighted by molar-refractivity contribution is -0.147. The molecule has 4 aliphatic carbocycles. The Kier molecular flexibility index (Phi) is 4.88. The molecule has 1 aromatic rings. The summed E-state index contributed by atoms with van der Waals surface area (Å²) in [5.41, 5.74) is -0.429. The van der Waals surface area contributed by atoms with Crippen molar-refractivity contribution in [2.75, 3.05) is 6.54 Å². The van der Waals surface area contributed by atoms with Gasteiger partial charge in [-0.3, -0.25) is 9.59 Å². The second-order valence-electron chi connectivity index (χ2n) is 8.85. The van der Waals surface area contributed by atoms with Crippen molar-refractivity contribution in [1.29, 1.82) is 0 Å². The second-order valence-corrected chi connectivity index (χ2v) is 8.85. The van der Waals surface area contributed by atoms with Crippen LogP contribution >= 0.6 is 0 Å². The highest BCUT2D eigenvalue weighted by Crippen LogP contribution is 2.60.